The van der Waals surface area contributed by atoms with Crippen LogP contribution in [-0.2, 0) is 6.54 Å². The largest absolute Gasteiger partial charge is 0.497 e. The minimum Gasteiger partial charge on any atom is -0.497 e. The molecule has 0 unspecified atom stereocenters. The summed E-state index contributed by atoms with van der Waals surface area (Å²) in [6.07, 6.45) is 5.69. The van der Waals surface area contributed by atoms with E-state index in [1.54, 1.807) is 7.11 Å². The number of hydrogen-bond donors (Lipinski definition) is 2. The van der Waals surface area contributed by atoms with Crippen molar-refractivity contribution in [1.29, 1.82) is 0 Å². The van der Waals surface area contributed by atoms with Crippen molar-refractivity contribution in [3.8, 4) is 5.75 Å². The van der Waals surface area contributed by atoms with Gasteiger partial charge < -0.3 is 15.2 Å². The highest BCUT2D eigenvalue weighted by Gasteiger charge is 2.45. The fraction of sp³-hybridized carbons (Fsp3) is 0.444. The summed E-state index contributed by atoms with van der Waals surface area (Å²) in [4.78, 5) is 0. The summed E-state index contributed by atoms with van der Waals surface area (Å²) in [5, 5.41) is 14.3. The molecule has 3 nitrogen and oxygen atoms in total. The Balaban J connectivity index is 1.94. The first-order valence-corrected chi connectivity index (χ1v) is 7.45. The van der Waals surface area contributed by atoms with E-state index < -0.39 is 5.60 Å². The van der Waals surface area contributed by atoms with E-state index in [1.165, 1.54) is 5.56 Å². The standard InChI is InChI=1S/C18H25NO2/c1-4-15-8-9-16(5-2)18(15,20)13-19-12-14-6-10-17(21-3)11-7-14/h4-7,10-11,15-16,19-20H,1-2,8-9,12-13H2,3H3/t15-,16-/m0/s1. The van der Waals surface area contributed by atoms with Crippen LogP contribution < -0.4 is 10.1 Å². The van der Waals surface area contributed by atoms with E-state index in [0.29, 0.717) is 6.54 Å². The molecule has 1 aromatic rings. The van der Waals surface area contributed by atoms with Crippen LogP contribution in [-0.4, -0.2) is 24.4 Å². The zero-order chi connectivity index (χ0) is 15.3. The monoisotopic (exact) mass is 287 g/mol. The Hall–Kier alpha value is -1.58. The average Bonchev–Trinajstić information content (AvgIpc) is 2.83. The third-order valence-electron chi connectivity index (χ3n) is 4.54. The molecule has 3 heteroatoms. The van der Waals surface area contributed by atoms with Crippen LogP contribution in [0.3, 0.4) is 0 Å². The molecule has 2 N–H and O–H groups in total. The molecule has 2 rings (SSSR count). The Morgan fingerprint density at radius 1 is 1.24 bits per heavy atom. The van der Waals surface area contributed by atoms with Crippen LogP contribution in [0.25, 0.3) is 0 Å². The lowest BCUT2D eigenvalue weighted by atomic mass is 9.84. The van der Waals surface area contributed by atoms with Gasteiger partial charge in [0.1, 0.15) is 5.75 Å². The topological polar surface area (TPSA) is 41.5 Å². The van der Waals surface area contributed by atoms with Gasteiger partial charge in [-0.25, -0.2) is 0 Å². The Morgan fingerprint density at radius 2 is 1.81 bits per heavy atom. The molecule has 0 saturated heterocycles. The number of hydrogen-bond acceptors (Lipinski definition) is 3. The molecule has 1 saturated carbocycles. The third-order valence-corrected chi connectivity index (χ3v) is 4.54. The number of nitrogens with one attached hydrogen (secondary N) is 1. The van der Waals surface area contributed by atoms with Gasteiger partial charge >= 0.3 is 0 Å². The highest BCUT2D eigenvalue weighted by molar-refractivity contribution is 5.27. The van der Waals surface area contributed by atoms with Gasteiger partial charge in [-0.05, 0) is 30.5 Å². The lowest BCUT2D eigenvalue weighted by molar-refractivity contribution is -0.00597. The summed E-state index contributed by atoms with van der Waals surface area (Å²) in [6.45, 7) is 8.98. The molecule has 0 spiro atoms. The lowest BCUT2D eigenvalue weighted by Crippen LogP contribution is -2.47. The fourth-order valence-corrected chi connectivity index (χ4v) is 3.19. The van der Waals surface area contributed by atoms with Gasteiger partial charge in [-0.2, -0.15) is 0 Å². The first-order valence-electron chi connectivity index (χ1n) is 7.45. The Bertz CT molecular complexity index is 464. The van der Waals surface area contributed by atoms with E-state index in [9.17, 15) is 5.11 Å². The van der Waals surface area contributed by atoms with E-state index in [2.05, 4.69) is 18.5 Å². The molecule has 0 amide bonds. The predicted molar refractivity (Wildman–Crippen MR) is 86.3 cm³/mol. The molecule has 0 bridgehead atoms. The smallest absolute Gasteiger partial charge is 0.118 e. The molecule has 1 aromatic carbocycles. The second-order valence-electron chi connectivity index (χ2n) is 5.70. The predicted octanol–water partition coefficient (Wildman–Crippen LogP) is 2.91. The van der Waals surface area contributed by atoms with Gasteiger partial charge in [0.2, 0.25) is 0 Å². The molecule has 1 fully saturated rings. The number of benzene rings is 1. The Labute approximate surface area is 127 Å². The molecule has 0 aliphatic heterocycles. The zero-order valence-electron chi connectivity index (χ0n) is 12.7. The van der Waals surface area contributed by atoms with E-state index in [4.69, 9.17) is 4.74 Å². The fourth-order valence-electron chi connectivity index (χ4n) is 3.19. The first kappa shape index (κ1) is 15.8. The molecule has 1 aliphatic rings. The number of rotatable bonds is 7. The van der Waals surface area contributed by atoms with Gasteiger partial charge in [-0.15, -0.1) is 13.2 Å². The number of aliphatic hydroxyl groups is 1. The summed E-state index contributed by atoms with van der Waals surface area (Å²) in [5.41, 5.74) is 0.401. The summed E-state index contributed by atoms with van der Waals surface area (Å²) in [7, 11) is 1.66. The highest BCUT2D eigenvalue weighted by Crippen LogP contribution is 2.41. The maximum absolute atomic E-state index is 10.9. The molecule has 0 radical (unpaired) electrons. The molecule has 2 atom stereocenters. The molecule has 21 heavy (non-hydrogen) atoms. The van der Waals surface area contributed by atoms with Gasteiger partial charge in [0.25, 0.3) is 0 Å². The zero-order valence-corrected chi connectivity index (χ0v) is 12.7. The SMILES string of the molecule is C=C[C@H]1CC[C@H](C=C)C1(O)CNCc1ccc(OC)cc1. The van der Waals surface area contributed by atoms with Crippen molar-refractivity contribution in [1.82, 2.24) is 5.32 Å². The minimum atomic E-state index is -0.768. The normalized spacial score (nSPS) is 23.7. The first-order chi connectivity index (χ1) is 10.1. The summed E-state index contributed by atoms with van der Waals surface area (Å²) < 4.78 is 5.15. The van der Waals surface area contributed by atoms with Gasteiger partial charge in [-0.1, -0.05) is 24.3 Å². The highest BCUT2D eigenvalue weighted by atomic mass is 16.5. The molecule has 0 heterocycles. The quantitative estimate of drug-likeness (QED) is 0.758. The van der Waals surface area contributed by atoms with Crippen molar-refractivity contribution in [3.05, 3.63) is 55.1 Å². The van der Waals surface area contributed by atoms with E-state index in [-0.39, 0.29) is 11.8 Å². The molecule has 114 valence electrons. The second kappa shape index (κ2) is 6.92. The minimum absolute atomic E-state index is 0.129. The van der Waals surface area contributed by atoms with Gasteiger partial charge in [0.15, 0.2) is 0 Å². The van der Waals surface area contributed by atoms with Crippen LogP contribution in [0.1, 0.15) is 18.4 Å². The molecule has 0 aromatic heterocycles. The third kappa shape index (κ3) is 3.36. The van der Waals surface area contributed by atoms with Crippen molar-refractivity contribution in [2.24, 2.45) is 11.8 Å². The van der Waals surface area contributed by atoms with Crippen molar-refractivity contribution >= 4 is 0 Å². The van der Waals surface area contributed by atoms with Crippen molar-refractivity contribution in [2.45, 2.75) is 25.0 Å². The number of methoxy groups -OCH3 is 1. The average molecular weight is 287 g/mol. The van der Waals surface area contributed by atoms with Crippen LogP contribution in [0.5, 0.6) is 5.75 Å². The summed E-state index contributed by atoms with van der Waals surface area (Å²) in [6, 6.07) is 7.95. The van der Waals surface area contributed by atoms with Gasteiger partial charge in [-0.3, -0.25) is 0 Å². The van der Waals surface area contributed by atoms with Crippen molar-refractivity contribution in [2.75, 3.05) is 13.7 Å². The summed E-state index contributed by atoms with van der Waals surface area (Å²) in [5.74, 6) is 1.11. The van der Waals surface area contributed by atoms with E-state index in [0.717, 1.165) is 25.1 Å². The van der Waals surface area contributed by atoms with Crippen molar-refractivity contribution < 1.29 is 9.84 Å². The Morgan fingerprint density at radius 3 is 2.29 bits per heavy atom. The van der Waals surface area contributed by atoms with Crippen LogP contribution in [0.15, 0.2) is 49.6 Å². The van der Waals surface area contributed by atoms with Crippen LogP contribution in [0, 0.1) is 11.8 Å². The maximum Gasteiger partial charge on any atom is 0.118 e. The molecular weight excluding hydrogens is 262 g/mol. The van der Waals surface area contributed by atoms with E-state index >= 15 is 0 Å². The number of ether oxygens (including phenoxy) is 1. The van der Waals surface area contributed by atoms with Crippen molar-refractivity contribution in [3.63, 3.8) is 0 Å². The summed E-state index contributed by atoms with van der Waals surface area (Å²) >= 11 is 0. The second-order valence-corrected chi connectivity index (χ2v) is 5.70. The van der Waals surface area contributed by atoms with Gasteiger partial charge in [0.05, 0.1) is 12.7 Å². The maximum atomic E-state index is 10.9. The van der Waals surface area contributed by atoms with Gasteiger partial charge in [0, 0.05) is 24.9 Å². The van der Waals surface area contributed by atoms with E-state index in [1.807, 2.05) is 36.4 Å². The van der Waals surface area contributed by atoms with Crippen LogP contribution in [0.4, 0.5) is 0 Å². The van der Waals surface area contributed by atoms with Crippen LogP contribution in [0.2, 0.25) is 0 Å². The Kier molecular flexibility index (Phi) is 5.21. The molecule has 1 aliphatic carbocycles. The van der Waals surface area contributed by atoms with Crippen LogP contribution >= 0.6 is 0 Å². The molecular formula is C18H25NO2. The lowest BCUT2D eigenvalue weighted by Gasteiger charge is -2.33.